The second-order valence-electron chi connectivity index (χ2n) is 11.0. The van der Waals surface area contributed by atoms with E-state index in [0.717, 1.165) is 35.5 Å². The summed E-state index contributed by atoms with van der Waals surface area (Å²) in [7, 11) is 0. The van der Waals surface area contributed by atoms with Crippen molar-refractivity contribution in [3.05, 3.63) is 0 Å². The van der Waals surface area contributed by atoms with Crippen LogP contribution in [0, 0.1) is 35.5 Å². The van der Waals surface area contributed by atoms with Crippen LogP contribution >= 0.6 is 0 Å². The third-order valence-corrected chi connectivity index (χ3v) is 9.06. The van der Waals surface area contributed by atoms with Crippen molar-refractivity contribution in [3.8, 4) is 0 Å². The molecule has 0 heterocycles. The minimum absolute atomic E-state index is 1.08. The van der Waals surface area contributed by atoms with E-state index in [9.17, 15) is 0 Å². The molecule has 0 aromatic carbocycles. The van der Waals surface area contributed by atoms with Crippen LogP contribution in [-0.4, -0.2) is 0 Å². The molecule has 3 saturated carbocycles. The molecule has 0 saturated heterocycles. The topological polar surface area (TPSA) is 0 Å². The Morgan fingerprint density at radius 1 is 0.407 bits per heavy atom. The average molecular weight is 375 g/mol. The molecule has 0 spiro atoms. The molecular weight excluding hydrogens is 324 g/mol. The molecule has 0 N–H and O–H groups in total. The van der Waals surface area contributed by atoms with Gasteiger partial charge in [0.15, 0.2) is 0 Å². The monoisotopic (exact) mass is 374 g/mol. The van der Waals surface area contributed by atoms with Crippen molar-refractivity contribution in [1.82, 2.24) is 0 Å². The molecule has 0 heteroatoms. The highest BCUT2D eigenvalue weighted by molar-refractivity contribution is 4.83. The summed E-state index contributed by atoms with van der Waals surface area (Å²) < 4.78 is 0. The zero-order chi connectivity index (χ0) is 18.9. The van der Waals surface area contributed by atoms with Gasteiger partial charge in [-0.05, 0) is 61.2 Å². The van der Waals surface area contributed by atoms with Gasteiger partial charge in [-0.1, -0.05) is 110 Å². The van der Waals surface area contributed by atoms with Crippen LogP contribution in [0.5, 0.6) is 0 Å². The molecule has 3 rings (SSSR count). The van der Waals surface area contributed by atoms with Crippen molar-refractivity contribution >= 4 is 0 Å². The highest BCUT2D eigenvalue weighted by atomic mass is 14.4. The van der Waals surface area contributed by atoms with Gasteiger partial charge in [0.2, 0.25) is 0 Å². The first-order valence-electron chi connectivity index (χ1n) is 13.3. The van der Waals surface area contributed by atoms with E-state index in [2.05, 4.69) is 13.8 Å². The van der Waals surface area contributed by atoms with Crippen LogP contribution in [0.25, 0.3) is 0 Å². The van der Waals surface area contributed by atoms with E-state index in [0.29, 0.717) is 0 Å². The van der Waals surface area contributed by atoms with E-state index < -0.39 is 0 Å². The number of hydrogen-bond donors (Lipinski definition) is 0. The van der Waals surface area contributed by atoms with Gasteiger partial charge in [0.05, 0.1) is 0 Å². The second kappa shape index (κ2) is 11.9. The fourth-order valence-corrected chi connectivity index (χ4v) is 7.08. The minimum atomic E-state index is 1.08. The van der Waals surface area contributed by atoms with Crippen molar-refractivity contribution in [2.75, 3.05) is 0 Å². The molecule has 27 heavy (non-hydrogen) atoms. The van der Waals surface area contributed by atoms with Crippen molar-refractivity contribution in [3.63, 3.8) is 0 Å². The summed E-state index contributed by atoms with van der Waals surface area (Å²) >= 11 is 0. The van der Waals surface area contributed by atoms with Gasteiger partial charge in [0.1, 0.15) is 0 Å². The molecule has 0 aliphatic heterocycles. The molecule has 158 valence electrons. The third-order valence-electron chi connectivity index (χ3n) is 9.06. The van der Waals surface area contributed by atoms with E-state index in [-0.39, 0.29) is 0 Å². The molecule has 0 aromatic heterocycles. The van der Waals surface area contributed by atoms with Crippen LogP contribution in [0.3, 0.4) is 0 Å². The molecule has 0 aromatic rings. The third kappa shape index (κ3) is 7.08. The van der Waals surface area contributed by atoms with E-state index in [1.165, 1.54) is 32.1 Å². The van der Waals surface area contributed by atoms with E-state index in [1.807, 2.05) is 0 Å². The number of hydrogen-bond acceptors (Lipinski definition) is 0. The lowest BCUT2D eigenvalue weighted by Crippen LogP contribution is -2.26. The summed E-state index contributed by atoms with van der Waals surface area (Å²) in [4.78, 5) is 0. The lowest BCUT2D eigenvalue weighted by Gasteiger charge is -2.38. The average Bonchev–Trinajstić information content (AvgIpc) is 2.73. The molecule has 0 bridgehead atoms. The molecular formula is C27H50. The predicted octanol–water partition coefficient (Wildman–Crippen LogP) is 9.18. The van der Waals surface area contributed by atoms with Crippen molar-refractivity contribution in [1.29, 1.82) is 0 Å². The van der Waals surface area contributed by atoms with Gasteiger partial charge < -0.3 is 0 Å². The molecule has 3 aliphatic rings. The van der Waals surface area contributed by atoms with Gasteiger partial charge in [-0.2, -0.15) is 0 Å². The smallest absolute Gasteiger partial charge is 0.0386 e. The highest BCUT2D eigenvalue weighted by Gasteiger charge is 2.31. The Labute approximate surface area is 171 Å². The quantitative estimate of drug-likeness (QED) is 0.377. The van der Waals surface area contributed by atoms with Gasteiger partial charge in [-0.25, -0.2) is 0 Å². The minimum Gasteiger partial charge on any atom is -0.0654 e. The first-order chi connectivity index (χ1) is 13.3. The Bertz CT molecular complexity index is 361. The Morgan fingerprint density at radius 3 is 1.19 bits per heavy atom. The maximum Gasteiger partial charge on any atom is -0.0386 e. The summed E-state index contributed by atoms with van der Waals surface area (Å²) in [5.74, 6) is 6.57. The molecule has 0 atom stereocenters. The SMILES string of the molecule is CCCCC1CCC(C2CCC(CCC3CCC(CCC)CC3)CC2)CC1. The van der Waals surface area contributed by atoms with Crippen LogP contribution in [0.15, 0.2) is 0 Å². The molecule has 0 amide bonds. The Hall–Kier alpha value is 0. The molecule has 0 nitrogen and oxygen atoms in total. The van der Waals surface area contributed by atoms with Crippen LogP contribution < -0.4 is 0 Å². The van der Waals surface area contributed by atoms with E-state index in [4.69, 9.17) is 0 Å². The summed E-state index contributed by atoms with van der Waals surface area (Å²) in [5.41, 5.74) is 0. The first-order valence-corrected chi connectivity index (χ1v) is 13.3. The van der Waals surface area contributed by atoms with Crippen molar-refractivity contribution in [2.45, 2.75) is 136 Å². The summed E-state index contributed by atoms with van der Waals surface area (Å²) in [6.07, 6.45) is 29.2. The number of unbranched alkanes of at least 4 members (excludes halogenated alkanes) is 1. The molecule has 0 unspecified atom stereocenters. The Balaban J connectivity index is 1.26. The summed E-state index contributed by atoms with van der Waals surface area (Å²) in [6.45, 7) is 4.71. The largest absolute Gasteiger partial charge is 0.0654 e. The Kier molecular flexibility index (Phi) is 9.54. The van der Waals surface area contributed by atoms with Gasteiger partial charge >= 0.3 is 0 Å². The van der Waals surface area contributed by atoms with Crippen molar-refractivity contribution in [2.24, 2.45) is 35.5 Å². The van der Waals surface area contributed by atoms with Gasteiger partial charge in [0.25, 0.3) is 0 Å². The maximum absolute atomic E-state index is 2.36. The highest BCUT2D eigenvalue weighted by Crippen LogP contribution is 2.44. The zero-order valence-electron chi connectivity index (χ0n) is 18.9. The second-order valence-corrected chi connectivity index (χ2v) is 11.0. The number of rotatable bonds is 9. The maximum atomic E-state index is 2.36. The molecule has 0 radical (unpaired) electrons. The van der Waals surface area contributed by atoms with Crippen LogP contribution in [0.4, 0.5) is 0 Å². The van der Waals surface area contributed by atoms with Gasteiger partial charge in [-0.3, -0.25) is 0 Å². The van der Waals surface area contributed by atoms with Crippen LogP contribution in [0.2, 0.25) is 0 Å². The standard InChI is InChI=1S/C27H50/c1-3-5-7-23-14-18-26(19-15-23)27-20-16-25(17-21-27)13-12-24-10-8-22(6-4-2)9-11-24/h22-27H,3-21H2,1-2H3. The van der Waals surface area contributed by atoms with Gasteiger partial charge in [-0.15, -0.1) is 0 Å². The van der Waals surface area contributed by atoms with Gasteiger partial charge in [0, 0.05) is 0 Å². The summed E-state index contributed by atoms with van der Waals surface area (Å²) in [6, 6.07) is 0. The lowest BCUT2D eigenvalue weighted by molar-refractivity contribution is 0.135. The molecule has 3 fully saturated rings. The normalized spacial score (nSPS) is 38.0. The first kappa shape index (κ1) is 21.7. The van der Waals surface area contributed by atoms with Crippen LogP contribution in [0.1, 0.15) is 136 Å². The predicted molar refractivity (Wildman–Crippen MR) is 120 cm³/mol. The fraction of sp³-hybridized carbons (Fsp3) is 1.00. The summed E-state index contributed by atoms with van der Waals surface area (Å²) in [5, 5.41) is 0. The van der Waals surface area contributed by atoms with E-state index in [1.54, 1.807) is 89.9 Å². The zero-order valence-corrected chi connectivity index (χ0v) is 18.9. The van der Waals surface area contributed by atoms with Crippen molar-refractivity contribution < 1.29 is 0 Å². The van der Waals surface area contributed by atoms with Crippen LogP contribution in [-0.2, 0) is 0 Å². The fourth-order valence-electron chi connectivity index (χ4n) is 7.08. The Morgan fingerprint density at radius 2 is 0.778 bits per heavy atom. The molecule has 3 aliphatic carbocycles. The van der Waals surface area contributed by atoms with E-state index >= 15 is 0 Å². The lowest BCUT2D eigenvalue weighted by atomic mass is 9.68.